The van der Waals surface area contributed by atoms with Gasteiger partial charge in [0, 0.05) is 29.4 Å². The van der Waals surface area contributed by atoms with Crippen molar-refractivity contribution in [1.29, 1.82) is 0 Å². The van der Waals surface area contributed by atoms with Gasteiger partial charge in [-0.1, -0.05) is 23.8 Å². The Hall–Kier alpha value is -2.99. The van der Waals surface area contributed by atoms with Gasteiger partial charge in [0.15, 0.2) is 0 Å². The third kappa shape index (κ3) is 4.14. The zero-order chi connectivity index (χ0) is 21.1. The van der Waals surface area contributed by atoms with Gasteiger partial charge >= 0.3 is 0 Å². The van der Waals surface area contributed by atoms with Crippen molar-refractivity contribution in [3.63, 3.8) is 0 Å². The van der Waals surface area contributed by atoms with Crippen LogP contribution in [0.3, 0.4) is 0 Å². The molecule has 5 nitrogen and oxygen atoms in total. The molecule has 2 aromatic heterocycles. The van der Waals surface area contributed by atoms with Crippen LogP contribution in [0.2, 0.25) is 0 Å². The summed E-state index contributed by atoms with van der Waals surface area (Å²) in [5, 5.41) is 5.15. The van der Waals surface area contributed by atoms with Crippen LogP contribution in [0, 0.1) is 12.8 Å². The minimum absolute atomic E-state index is 0.0256. The van der Waals surface area contributed by atoms with Crippen molar-refractivity contribution in [1.82, 2.24) is 10.3 Å². The van der Waals surface area contributed by atoms with Gasteiger partial charge in [0.25, 0.3) is 0 Å². The lowest BCUT2D eigenvalue weighted by molar-refractivity contribution is -0.129. The molecule has 4 rings (SSSR count). The first kappa shape index (κ1) is 20.3. The maximum Gasteiger partial charge on any atom is 0.227 e. The van der Waals surface area contributed by atoms with Crippen LogP contribution in [0.25, 0.3) is 0 Å². The van der Waals surface area contributed by atoms with Crippen LogP contribution in [0.4, 0.5) is 5.69 Å². The molecule has 0 radical (unpaired) electrons. The van der Waals surface area contributed by atoms with Crippen molar-refractivity contribution < 1.29 is 9.59 Å². The Kier molecular flexibility index (Phi) is 5.95. The quantitative estimate of drug-likeness (QED) is 0.645. The molecule has 1 aromatic carbocycles. The number of anilines is 1. The van der Waals surface area contributed by atoms with Crippen LogP contribution >= 0.6 is 11.3 Å². The average molecular weight is 420 g/mol. The predicted molar refractivity (Wildman–Crippen MR) is 119 cm³/mol. The molecule has 3 aromatic rings. The molecule has 1 aliphatic rings. The minimum Gasteiger partial charge on any atom is -0.349 e. The van der Waals surface area contributed by atoms with E-state index in [4.69, 9.17) is 0 Å². The third-order valence-corrected chi connectivity index (χ3v) is 6.59. The molecule has 0 saturated carbocycles. The molecule has 30 heavy (non-hydrogen) atoms. The van der Waals surface area contributed by atoms with E-state index >= 15 is 0 Å². The molecular formula is C24H25N3O2S. The first-order valence-electron chi connectivity index (χ1n) is 10.2. The fourth-order valence-electron chi connectivity index (χ4n) is 4.02. The summed E-state index contributed by atoms with van der Waals surface area (Å²) in [6.07, 6.45) is 4.35. The van der Waals surface area contributed by atoms with E-state index in [1.54, 1.807) is 23.7 Å². The largest absolute Gasteiger partial charge is 0.349 e. The maximum absolute atomic E-state index is 13.4. The molecular weight excluding hydrogens is 394 g/mol. The molecule has 3 atom stereocenters. The Morgan fingerprint density at radius 2 is 1.90 bits per heavy atom. The lowest BCUT2D eigenvalue weighted by Crippen LogP contribution is -2.48. The fourth-order valence-corrected chi connectivity index (χ4v) is 4.90. The van der Waals surface area contributed by atoms with E-state index in [1.165, 1.54) is 0 Å². The van der Waals surface area contributed by atoms with E-state index in [1.807, 2.05) is 72.7 Å². The van der Waals surface area contributed by atoms with E-state index in [0.29, 0.717) is 12.8 Å². The monoisotopic (exact) mass is 419 g/mol. The number of pyridine rings is 1. The van der Waals surface area contributed by atoms with Crippen molar-refractivity contribution in [3.8, 4) is 0 Å². The average Bonchev–Trinajstić information content (AvgIpc) is 3.29. The summed E-state index contributed by atoms with van der Waals surface area (Å²) in [5.74, 6) is -0.280. The summed E-state index contributed by atoms with van der Waals surface area (Å²) in [6.45, 7) is 3.99. The van der Waals surface area contributed by atoms with Gasteiger partial charge in [-0.3, -0.25) is 14.6 Å². The first-order chi connectivity index (χ1) is 14.5. The number of hydrogen-bond acceptors (Lipinski definition) is 4. The molecule has 1 fully saturated rings. The Labute approximate surface area is 180 Å². The number of piperidine rings is 1. The molecule has 0 aliphatic carbocycles. The number of nitrogens with one attached hydrogen (secondary N) is 1. The summed E-state index contributed by atoms with van der Waals surface area (Å²) in [5.41, 5.74) is 2.98. The number of carbonyl (C=O) groups is 2. The van der Waals surface area contributed by atoms with E-state index < -0.39 is 0 Å². The molecule has 6 heteroatoms. The van der Waals surface area contributed by atoms with Crippen LogP contribution in [0.1, 0.15) is 47.9 Å². The highest BCUT2D eigenvalue weighted by atomic mass is 32.1. The van der Waals surface area contributed by atoms with Crippen LogP contribution in [-0.2, 0) is 9.59 Å². The third-order valence-electron chi connectivity index (χ3n) is 5.65. The minimum atomic E-state index is -0.313. The molecule has 3 heterocycles. The Morgan fingerprint density at radius 1 is 1.17 bits per heavy atom. The van der Waals surface area contributed by atoms with Gasteiger partial charge < -0.3 is 10.2 Å². The van der Waals surface area contributed by atoms with Crippen molar-refractivity contribution in [2.45, 2.75) is 38.8 Å². The number of aryl methyl sites for hydroxylation is 1. The number of thiophene rings is 1. The number of carbonyl (C=O) groups excluding carboxylic acids is 2. The SMILES string of the molecule is Cc1ccc(N2C(=O)CCC(C(=O)NC(C)c3ccncc3)C2c2cccs2)cc1. The second-order valence-corrected chi connectivity index (χ2v) is 8.69. The summed E-state index contributed by atoms with van der Waals surface area (Å²) < 4.78 is 0. The Balaban J connectivity index is 1.65. The van der Waals surface area contributed by atoms with E-state index in [0.717, 1.165) is 21.7 Å². The van der Waals surface area contributed by atoms with Crippen molar-refractivity contribution in [3.05, 3.63) is 82.3 Å². The van der Waals surface area contributed by atoms with Crippen LogP contribution < -0.4 is 10.2 Å². The number of nitrogens with zero attached hydrogens (tertiary/aromatic N) is 2. The fraction of sp³-hybridized carbons (Fsp3) is 0.292. The lowest BCUT2D eigenvalue weighted by Gasteiger charge is -2.40. The van der Waals surface area contributed by atoms with Gasteiger partial charge in [0.2, 0.25) is 11.8 Å². The van der Waals surface area contributed by atoms with Gasteiger partial charge in [-0.2, -0.15) is 0 Å². The van der Waals surface area contributed by atoms with Crippen LogP contribution in [-0.4, -0.2) is 16.8 Å². The van der Waals surface area contributed by atoms with E-state index in [9.17, 15) is 9.59 Å². The van der Waals surface area contributed by atoms with Crippen LogP contribution in [0.15, 0.2) is 66.3 Å². The Morgan fingerprint density at radius 3 is 2.57 bits per heavy atom. The van der Waals surface area contributed by atoms with Gasteiger partial charge in [0.1, 0.15) is 0 Å². The molecule has 1 N–H and O–H groups in total. The van der Waals surface area contributed by atoms with Gasteiger partial charge in [-0.05, 0) is 61.5 Å². The van der Waals surface area contributed by atoms with Crippen molar-refractivity contribution in [2.24, 2.45) is 5.92 Å². The second kappa shape index (κ2) is 8.79. The highest BCUT2D eigenvalue weighted by Gasteiger charge is 2.42. The summed E-state index contributed by atoms with van der Waals surface area (Å²) in [4.78, 5) is 33.2. The van der Waals surface area contributed by atoms with Crippen molar-refractivity contribution >= 4 is 28.8 Å². The first-order valence-corrected chi connectivity index (χ1v) is 11.0. The topological polar surface area (TPSA) is 62.3 Å². The van der Waals surface area contributed by atoms with Gasteiger partial charge in [-0.15, -0.1) is 11.3 Å². The molecule has 0 spiro atoms. The maximum atomic E-state index is 13.4. The summed E-state index contributed by atoms with van der Waals surface area (Å²) in [6, 6.07) is 15.3. The number of aromatic nitrogens is 1. The van der Waals surface area contributed by atoms with Gasteiger partial charge in [0.05, 0.1) is 18.0 Å². The summed E-state index contributed by atoms with van der Waals surface area (Å²) >= 11 is 1.59. The zero-order valence-electron chi connectivity index (χ0n) is 17.1. The summed E-state index contributed by atoms with van der Waals surface area (Å²) in [7, 11) is 0. The molecule has 3 unspecified atom stereocenters. The number of rotatable bonds is 5. The van der Waals surface area contributed by atoms with Crippen molar-refractivity contribution in [2.75, 3.05) is 4.90 Å². The van der Waals surface area contributed by atoms with E-state index in [-0.39, 0.29) is 29.8 Å². The number of hydrogen-bond donors (Lipinski definition) is 1. The zero-order valence-corrected chi connectivity index (χ0v) is 17.9. The number of benzene rings is 1. The predicted octanol–water partition coefficient (Wildman–Crippen LogP) is 4.81. The molecule has 2 amide bonds. The van der Waals surface area contributed by atoms with Gasteiger partial charge in [-0.25, -0.2) is 0 Å². The standard InChI is InChI=1S/C24H25N3O2S/c1-16-5-7-19(8-6-16)27-22(28)10-9-20(23(27)21-4-3-15-30-21)24(29)26-17(2)18-11-13-25-14-12-18/h3-8,11-15,17,20,23H,9-10H2,1-2H3,(H,26,29). The molecule has 0 bridgehead atoms. The number of amides is 2. The Bertz CT molecular complexity index is 1000. The molecule has 1 aliphatic heterocycles. The smallest absolute Gasteiger partial charge is 0.227 e. The van der Waals surface area contributed by atoms with Crippen LogP contribution in [0.5, 0.6) is 0 Å². The second-order valence-electron chi connectivity index (χ2n) is 7.72. The lowest BCUT2D eigenvalue weighted by atomic mass is 9.86. The molecule has 154 valence electrons. The van der Waals surface area contributed by atoms with E-state index in [2.05, 4.69) is 10.3 Å². The molecule has 1 saturated heterocycles. The normalized spacial score (nSPS) is 20.1. The highest BCUT2D eigenvalue weighted by molar-refractivity contribution is 7.10. The highest BCUT2D eigenvalue weighted by Crippen LogP contribution is 2.42.